The maximum Gasteiger partial charge on any atom is 0.230 e. The van der Waals surface area contributed by atoms with Crippen LogP contribution in [0.3, 0.4) is 0 Å². The highest BCUT2D eigenvalue weighted by Gasteiger charge is 2.21. The first-order chi connectivity index (χ1) is 10.5. The van der Waals surface area contributed by atoms with E-state index in [1.807, 2.05) is 18.2 Å². The molecule has 6 nitrogen and oxygen atoms in total. The molecule has 0 saturated heterocycles. The fourth-order valence-electron chi connectivity index (χ4n) is 2.62. The van der Waals surface area contributed by atoms with Gasteiger partial charge in [-0.05, 0) is 30.5 Å². The molecule has 114 valence electrons. The van der Waals surface area contributed by atoms with Crippen LogP contribution >= 0.6 is 0 Å². The molecule has 0 bridgehead atoms. The lowest BCUT2D eigenvalue weighted by atomic mass is 9.98. The molecule has 0 unspecified atom stereocenters. The van der Waals surface area contributed by atoms with Gasteiger partial charge in [0.15, 0.2) is 5.82 Å². The third kappa shape index (κ3) is 2.86. The summed E-state index contributed by atoms with van der Waals surface area (Å²) in [7, 11) is 1.78. The van der Waals surface area contributed by atoms with E-state index in [1.54, 1.807) is 24.9 Å². The molecule has 2 heterocycles. The predicted octanol–water partition coefficient (Wildman–Crippen LogP) is 2.07. The number of benzene rings is 1. The van der Waals surface area contributed by atoms with E-state index >= 15 is 0 Å². The maximum atomic E-state index is 12.0. The van der Waals surface area contributed by atoms with Gasteiger partial charge in [0.05, 0.1) is 6.42 Å². The minimum Gasteiger partial charge on any atom is -0.360 e. The third-order valence-corrected chi connectivity index (χ3v) is 3.75. The average Bonchev–Trinajstić information content (AvgIpc) is 2.88. The van der Waals surface area contributed by atoms with Gasteiger partial charge >= 0.3 is 0 Å². The molecule has 2 aromatic rings. The number of carbonyl (C=O) groups is 2. The van der Waals surface area contributed by atoms with Crippen LogP contribution in [0.4, 0.5) is 11.5 Å². The van der Waals surface area contributed by atoms with Crippen molar-refractivity contribution in [3.05, 3.63) is 41.2 Å². The minimum absolute atomic E-state index is 0.124. The van der Waals surface area contributed by atoms with Crippen LogP contribution in [0.1, 0.15) is 23.3 Å². The molecule has 22 heavy (non-hydrogen) atoms. The Bertz CT molecular complexity index is 736. The molecule has 1 N–H and O–H groups in total. The summed E-state index contributed by atoms with van der Waals surface area (Å²) >= 11 is 0. The molecule has 0 aliphatic carbocycles. The van der Waals surface area contributed by atoms with Crippen molar-refractivity contribution >= 4 is 23.3 Å². The van der Waals surface area contributed by atoms with Gasteiger partial charge < -0.3 is 14.7 Å². The predicted molar refractivity (Wildman–Crippen MR) is 81.7 cm³/mol. The highest BCUT2D eigenvalue weighted by atomic mass is 16.5. The molecule has 6 heteroatoms. The SMILES string of the molecule is Cc1cc(NC(=O)Cc2ccc3c(c2)CCC(=O)N3C)no1. The molecule has 1 aliphatic heterocycles. The van der Waals surface area contributed by atoms with Crippen LogP contribution in [-0.4, -0.2) is 24.0 Å². The fourth-order valence-corrected chi connectivity index (χ4v) is 2.62. The van der Waals surface area contributed by atoms with Crippen LogP contribution in [0.5, 0.6) is 0 Å². The standard InChI is InChI=1S/C16H17N3O3/c1-10-7-14(18-22-10)17-15(20)9-11-3-5-13-12(8-11)4-6-16(21)19(13)2/h3,5,7-8H,4,6,9H2,1-2H3,(H,17,18,20). The maximum absolute atomic E-state index is 12.0. The van der Waals surface area contributed by atoms with Gasteiger partial charge in [0, 0.05) is 25.2 Å². The van der Waals surface area contributed by atoms with Crippen LogP contribution in [0.2, 0.25) is 0 Å². The second-order valence-corrected chi connectivity index (χ2v) is 5.46. The Morgan fingerprint density at radius 2 is 2.18 bits per heavy atom. The van der Waals surface area contributed by atoms with Crippen LogP contribution in [0, 0.1) is 6.92 Å². The summed E-state index contributed by atoms with van der Waals surface area (Å²) in [6.45, 7) is 1.77. The van der Waals surface area contributed by atoms with E-state index in [1.165, 1.54) is 0 Å². The third-order valence-electron chi connectivity index (χ3n) is 3.75. The molecular weight excluding hydrogens is 282 g/mol. The van der Waals surface area contributed by atoms with Crippen molar-refractivity contribution < 1.29 is 14.1 Å². The first kappa shape index (κ1) is 14.3. The van der Waals surface area contributed by atoms with Crippen molar-refractivity contribution in [2.24, 2.45) is 0 Å². The second-order valence-electron chi connectivity index (χ2n) is 5.46. The number of aromatic nitrogens is 1. The number of fused-ring (bicyclic) bond motifs is 1. The summed E-state index contributed by atoms with van der Waals surface area (Å²) in [5, 5.41) is 6.43. The summed E-state index contributed by atoms with van der Waals surface area (Å²) in [5.74, 6) is 1.05. The first-order valence-electron chi connectivity index (χ1n) is 7.14. The largest absolute Gasteiger partial charge is 0.360 e. The van der Waals surface area contributed by atoms with Crippen molar-refractivity contribution in [3.8, 4) is 0 Å². The van der Waals surface area contributed by atoms with Gasteiger partial charge in [-0.2, -0.15) is 0 Å². The Hall–Kier alpha value is -2.63. The lowest BCUT2D eigenvalue weighted by Crippen LogP contribution is -2.31. The number of nitrogens with one attached hydrogen (secondary N) is 1. The molecule has 0 atom stereocenters. The zero-order valence-corrected chi connectivity index (χ0v) is 12.5. The number of aryl methyl sites for hydroxylation is 2. The average molecular weight is 299 g/mol. The first-order valence-corrected chi connectivity index (χ1v) is 7.14. The van der Waals surface area contributed by atoms with E-state index in [2.05, 4.69) is 10.5 Å². The Morgan fingerprint density at radius 1 is 1.36 bits per heavy atom. The number of rotatable bonds is 3. The van der Waals surface area contributed by atoms with Crippen LogP contribution in [-0.2, 0) is 22.4 Å². The topological polar surface area (TPSA) is 75.4 Å². The van der Waals surface area contributed by atoms with Crippen molar-refractivity contribution in [3.63, 3.8) is 0 Å². The molecule has 0 spiro atoms. The second kappa shape index (κ2) is 5.63. The zero-order chi connectivity index (χ0) is 15.7. The van der Waals surface area contributed by atoms with Crippen molar-refractivity contribution in [1.82, 2.24) is 5.16 Å². The molecule has 3 rings (SSSR count). The van der Waals surface area contributed by atoms with Crippen molar-refractivity contribution in [2.45, 2.75) is 26.2 Å². The van der Waals surface area contributed by atoms with E-state index in [0.717, 1.165) is 23.2 Å². The normalized spacial score (nSPS) is 13.9. The van der Waals surface area contributed by atoms with E-state index in [0.29, 0.717) is 18.0 Å². The Morgan fingerprint density at radius 3 is 2.91 bits per heavy atom. The van der Waals surface area contributed by atoms with Crippen LogP contribution in [0.25, 0.3) is 0 Å². The highest BCUT2D eigenvalue weighted by molar-refractivity contribution is 5.96. The van der Waals surface area contributed by atoms with Gasteiger partial charge in [-0.3, -0.25) is 9.59 Å². The Balaban J connectivity index is 1.71. The zero-order valence-electron chi connectivity index (χ0n) is 12.5. The monoisotopic (exact) mass is 299 g/mol. The molecular formula is C16H17N3O3. The summed E-state index contributed by atoms with van der Waals surface area (Å²) in [5.41, 5.74) is 2.94. The molecule has 0 saturated carbocycles. The van der Waals surface area contributed by atoms with Crippen molar-refractivity contribution in [1.29, 1.82) is 0 Å². The van der Waals surface area contributed by atoms with E-state index in [9.17, 15) is 9.59 Å². The lowest BCUT2D eigenvalue weighted by Gasteiger charge is -2.26. The van der Waals surface area contributed by atoms with Gasteiger partial charge in [0.25, 0.3) is 0 Å². The number of hydrogen-bond donors (Lipinski definition) is 1. The number of amides is 2. The van der Waals surface area contributed by atoms with E-state index < -0.39 is 0 Å². The fraction of sp³-hybridized carbons (Fsp3) is 0.312. The van der Waals surface area contributed by atoms with E-state index in [4.69, 9.17) is 4.52 Å². The molecule has 1 aromatic carbocycles. The number of anilines is 2. The number of hydrogen-bond acceptors (Lipinski definition) is 4. The van der Waals surface area contributed by atoms with E-state index in [-0.39, 0.29) is 18.2 Å². The number of nitrogens with zero attached hydrogens (tertiary/aromatic N) is 2. The summed E-state index contributed by atoms with van der Waals surface area (Å²) in [6, 6.07) is 7.44. The van der Waals surface area contributed by atoms with Crippen LogP contribution in [0.15, 0.2) is 28.8 Å². The smallest absolute Gasteiger partial charge is 0.230 e. The molecule has 1 aliphatic rings. The summed E-state index contributed by atoms with van der Waals surface area (Å²) in [6.07, 6.45) is 1.49. The Labute approximate surface area is 128 Å². The van der Waals surface area contributed by atoms with Crippen LogP contribution < -0.4 is 10.2 Å². The van der Waals surface area contributed by atoms with Gasteiger partial charge in [-0.25, -0.2) is 0 Å². The van der Waals surface area contributed by atoms with Gasteiger partial charge in [0.2, 0.25) is 11.8 Å². The molecule has 2 amide bonds. The molecule has 1 aromatic heterocycles. The quantitative estimate of drug-likeness (QED) is 0.941. The summed E-state index contributed by atoms with van der Waals surface area (Å²) < 4.78 is 4.91. The summed E-state index contributed by atoms with van der Waals surface area (Å²) in [4.78, 5) is 25.4. The minimum atomic E-state index is -0.145. The number of carbonyl (C=O) groups excluding carboxylic acids is 2. The van der Waals surface area contributed by atoms with Gasteiger partial charge in [0.1, 0.15) is 5.76 Å². The molecule has 0 fully saturated rings. The van der Waals surface area contributed by atoms with Gasteiger partial charge in [-0.15, -0.1) is 0 Å². The highest BCUT2D eigenvalue weighted by Crippen LogP contribution is 2.27. The lowest BCUT2D eigenvalue weighted by molar-refractivity contribution is -0.118. The van der Waals surface area contributed by atoms with Gasteiger partial charge in [-0.1, -0.05) is 17.3 Å². The molecule has 0 radical (unpaired) electrons. The van der Waals surface area contributed by atoms with Crippen molar-refractivity contribution in [2.75, 3.05) is 17.3 Å². The Kier molecular flexibility index (Phi) is 3.66.